The van der Waals surface area contributed by atoms with Gasteiger partial charge in [0.25, 0.3) is 0 Å². The Morgan fingerprint density at radius 2 is 1.50 bits per heavy atom. The summed E-state index contributed by atoms with van der Waals surface area (Å²) in [4.78, 5) is 0. The molecule has 0 aliphatic rings. The fourth-order valence-corrected chi connectivity index (χ4v) is 3.38. The molecular formula is C21H28N2S. The van der Waals surface area contributed by atoms with Crippen LogP contribution in [0.2, 0.25) is 0 Å². The normalized spacial score (nSPS) is 12.1. The maximum atomic E-state index is 5.56. The van der Waals surface area contributed by atoms with E-state index >= 15 is 0 Å². The van der Waals surface area contributed by atoms with E-state index in [2.05, 4.69) is 88.6 Å². The monoisotopic (exact) mass is 340 g/mol. The molecule has 24 heavy (non-hydrogen) atoms. The van der Waals surface area contributed by atoms with Gasteiger partial charge in [-0.3, -0.25) is 0 Å². The third-order valence-corrected chi connectivity index (χ3v) is 4.41. The summed E-state index contributed by atoms with van der Waals surface area (Å²) in [5, 5.41) is 7.50. The molecule has 0 aliphatic carbocycles. The zero-order valence-electron chi connectivity index (χ0n) is 15.5. The van der Waals surface area contributed by atoms with Crippen LogP contribution in [-0.2, 0) is 0 Å². The van der Waals surface area contributed by atoms with Crippen molar-refractivity contribution < 1.29 is 0 Å². The quantitative estimate of drug-likeness (QED) is 0.708. The highest BCUT2D eigenvalue weighted by molar-refractivity contribution is 7.80. The van der Waals surface area contributed by atoms with Crippen molar-refractivity contribution >= 4 is 23.0 Å². The fraction of sp³-hybridized carbons (Fsp3) is 0.381. The lowest BCUT2D eigenvalue weighted by molar-refractivity contribution is 0.471. The van der Waals surface area contributed by atoms with E-state index in [4.69, 9.17) is 12.2 Å². The highest BCUT2D eigenvalue weighted by Gasteiger charge is 2.18. The fourth-order valence-electron chi connectivity index (χ4n) is 3.13. The molecule has 128 valence electrons. The summed E-state index contributed by atoms with van der Waals surface area (Å²) in [6, 6.07) is 13.2. The lowest BCUT2D eigenvalue weighted by Gasteiger charge is -2.26. The van der Waals surface area contributed by atoms with E-state index in [9.17, 15) is 0 Å². The third kappa shape index (κ3) is 4.81. The zero-order chi connectivity index (χ0) is 17.9. The van der Waals surface area contributed by atoms with Gasteiger partial charge < -0.3 is 10.6 Å². The van der Waals surface area contributed by atoms with Crippen molar-refractivity contribution in [3.05, 3.63) is 64.2 Å². The van der Waals surface area contributed by atoms with Crippen LogP contribution in [0.1, 0.15) is 47.7 Å². The van der Waals surface area contributed by atoms with Crippen LogP contribution in [0.4, 0.5) is 5.69 Å². The molecule has 0 spiro atoms. The molecular weight excluding hydrogens is 312 g/mol. The first-order valence-electron chi connectivity index (χ1n) is 8.49. The number of thiocarbonyl (C=S) groups is 1. The van der Waals surface area contributed by atoms with Crippen molar-refractivity contribution in [3.63, 3.8) is 0 Å². The molecule has 0 fully saturated rings. The molecule has 2 nitrogen and oxygen atoms in total. The second-order valence-electron chi connectivity index (χ2n) is 7.06. The molecule has 0 amide bonds. The second kappa shape index (κ2) is 7.80. The van der Waals surface area contributed by atoms with E-state index in [0.29, 0.717) is 11.0 Å². The van der Waals surface area contributed by atoms with Crippen molar-refractivity contribution in [1.29, 1.82) is 0 Å². The van der Waals surface area contributed by atoms with E-state index in [-0.39, 0.29) is 6.04 Å². The number of nitrogens with one attached hydrogen (secondary N) is 2. The Bertz CT molecular complexity index is 714. The minimum atomic E-state index is 0.191. The lowest BCUT2D eigenvalue weighted by Crippen LogP contribution is -2.35. The predicted molar refractivity (Wildman–Crippen MR) is 109 cm³/mol. The Morgan fingerprint density at radius 3 is 2.04 bits per heavy atom. The van der Waals surface area contributed by atoms with Crippen molar-refractivity contribution in [2.24, 2.45) is 5.92 Å². The average molecular weight is 341 g/mol. The largest absolute Gasteiger partial charge is 0.355 e. The van der Waals surface area contributed by atoms with Crippen molar-refractivity contribution in [1.82, 2.24) is 5.32 Å². The van der Waals surface area contributed by atoms with Gasteiger partial charge in [-0.2, -0.15) is 0 Å². The molecule has 0 aromatic heterocycles. The molecule has 2 N–H and O–H groups in total. The first-order chi connectivity index (χ1) is 11.3. The average Bonchev–Trinajstić information content (AvgIpc) is 2.44. The number of hydrogen-bond donors (Lipinski definition) is 2. The van der Waals surface area contributed by atoms with Gasteiger partial charge in [-0.05, 0) is 80.2 Å². The lowest BCUT2D eigenvalue weighted by atomic mass is 9.92. The minimum Gasteiger partial charge on any atom is -0.355 e. The van der Waals surface area contributed by atoms with E-state index in [0.717, 1.165) is 5.69 Å². The van der Waals surface area contributed by atoms with E-state index < -0.39 is 0 Å². The van der Waals surface area contributed by atoms with Crippen LogP contribution >= 0.6 is 12.2 Å². The predicted octanol–water partition coefficient (Wildman–Crippen LogP) is 5.60. The summed E-state index contributed by atoms with van der Waals surface area (Å²) in [6.45, 7) is 12.9. The Kier molecular flexibility index (Phi) is 6.00. The van der Waals surface area contributed by atoms with Gasteiger partial charge in [-0.25, -0.2) is 0 Å². The number of rotatable bonds is 4. The first kappa shape index (κ1) is 18.5. The first-order valence-corrected chi connectivity index (χ1v) is 8.90. The molecule has 0 saturated carbocycles. The van der Waals surface area contributed by atoms with Gasteiger partial charge in [0.05, 0.1) is 6.04 Å². The molecule has 0 saturated heterocycles. The van der Waals surface area contributed by atoms with Crippen LogP contribution in [0.5, 0.6) is 0 Å². The molecule has 2 aromatic carbocycles. The molecule has 0 radical (unpaired) electrons. The van der Waals surface area contributed by atoms with E-state index in [1.165, 1.54) is 27.8 Å². The Morgan fingerprint density at radius 1 is 0.875 bits per heavy atom. The summed E-state index contributed by atoms with van der Waals surface area (Å²) in [6.07, 6.45) is 0. The van der Waals surface area contributed by atoms with Gasteiger partial charge in [0.2, 0.25) is 0 Å². The van der Waals surface area contributed by atoms with Crippen molar-refractivity contribution in [2.45, 2.75) is 47.6 Å². The summed E-state index contributed by atoms with van der Waals surface area (Å²) < 4.78 is 0. The van der Waals surface area contributed by atoms with Crippen LogP contribution in [0.25, 0.3) is 0 Å². The van der Waals surface area contributed by atoms with Gasteiger partial charge in [0.1, 0.15) is 0 Å². The number of benzene rings is 2. The van der Waals surface area contributed by atoms with Gasteiger partial charge in [0.15, 0.2) is 5.11 Å². The maximum absolute atomic E-state index is 5.56. The van der Waals surface area contributed by atoms with Gasteiger partial charge >= 0.3 is 0 Å². The molecule has 0 bridgehead atoms. The van der Waals surface area contributed by atoms with Crippen molar-refractivity contribution in [3.8, 4) is 0 Å². The summed E-state index contributed by atoms with van der Waals surface area (Å²) in [5.74, 6) is 0.436. The van der Waals surface area contributed by atoms with Crippen molar-refractivity contribution in [2.75, 3.05) is 5.32 Å². The summed E-state index contributed by atoms with van der Waals surface area (Å²) in [7, 11) is 0. The zero-order valence-corrected chi connectivity index (χ0v) is 16.3. The van der Waals surface area contributed by atoms with Gasteiger partial charge in [-0.1, -0.05) is 43.7 Å². The molecule has 3 heteroatoms. The summed E-state index contributed by atoms with van der Waals surface area (Å²) in [5.41, 5.74) is 7.39. The van der Waals surface area contributed by atoms with Gasteiger partial charge in [0, 0.05) is 5.69 Å². The SMILES string of the molecule is Cc1cc(C)cc(NC(=S)N[C@H](c2ccc(C)cc2C)C(C)C)c1. The Hall–Kier alpha value is -1.87. The number of anilines is 1. The third-order valence-electron chi connectivity index (χ3n) is 4.19. The number of hydrogen-bond acceptors (Lipinski definition) is 1. The van der Waals surface area contributed by atoms with Crippen LogP contribution in [0, 0.1) is 33.6 Å². The van der Waals surface area contributed by atoms with Crippen LogP contribution in [0.15, 0.2) is 36.4 Å². The van der Waals surface area contributed by atoms with Gasteiger partial charge in [-0.15, -0.1) is 0 Å². The standard InChI is InChI=1S/C21H28N2S/c1-13(2)20(19-8-7-14(3)10-17(19)6)23-21(24)22-18-11-15(4)9-16(5)12-18/h7-13,20H,1-6H3,(H2,22,23,24)/t20-/m0/s1. The Labute approximate surface area is 151 Å². The molecule has 2 rings (SSSR count). The van der Waals surface area contributed by atoms with Crippen LogP contribution in [-0.4, -0.2) is 5.11 Å². The highest BCUT2D eigenvalue weighted by atomic mass is 32.1. The van der Waals surface area contributed by atoms with Crippen LogP contribution < -0.4 is 10.6 Å². The molecule has 2 aromatic rings. The molecule has 1 atom stereocenters. The maximum Gasteiger partial charge on any atom is 0.171 e. The smallest absolute Gasteiger partial charge is 0.171 e. The molecule has 0 aliphatic heterocycles. The van der Waals surface area contributed by atoms with Crippen LogP contribution in [0.3, 0.4) is 0 Å². The summed E-state index contributed by atoms with van der Waals surface area (Å²) >= 11 is 5.56. The number of aryl methyl sites for hydroxylation is 4. The Balaban J connectivity index is 2.16. The van der Waals surface area contributed by atoms with E-state index in [1.54, 1.807) is 0 Å². The minimum absolute atomic E-state index is 0.191. The second-order valence-corrected chi connectivity index (χ2v) is 7.46. The molecule has 0 heterocycles. The molecule has 0 unspecified atom stereocenters. The highest BCUT2D eigenvalue weighted by Crippen LogP contribution is 2.26. The topological polar surface area (TPSA) is 24.1 Å². The van der Waals surface area contributed by atoms with E-state index in [1.807, 2.05) is 0 Å².